The standard InChI is InChI=1S/C21H23N5O/c1-27-19-9-5-6-17(14-19)24-20-15-21(23-16-22-20)26-12-10-25(11-13-26)18-7-3-2-4-8-18/h2-9,14-16H,10-13H2,1H3,(H,22,23,24). The van der Waals surface area contributed by atoms with Gasteiger partial charge in [0.1, 0.15) is 23.7 Å². The van der Waals surface area contributed by atoms with Crippen LogP contribution in [0.4, 0.5) is 23.0 Å². The van der Waals surface area contributed by atoms with Crippen molar-refractivity contribution >= 4 is 23.0 Å². The van der Waals surface area contributed by atoms with Gasteiger partial charge in [-0.15, -0.1) is 0 Å². The summed E-state index contributed by atoms with van der Waals surface area (Å²) in [6.45, 7) is 3.83. The second-order valence-electron chi connectivity index (χ2n) is 6.43. The van der Waals surface area contributed by atoms with Crippen LogP contribution in [0.2, 0.25) is 0 Å². The van der Waals surface area contributed by atoms with E-state index in [1.807, 2.05) is 30.3 Å². The Bertz CT molecular complexity index is 879. The van der Waals surface area contributed by atoms with E-state index in [2.05, 4.69) is 55.4 Å². The Morgan fingerprint density at radius 1 is 0.852 bits per heavy atom. The maximum absolute atomic E-state index is 5.27. The predicted octanol–water partition coefficient (Wildman–Crippen LogP) is 3.56. The van der Waals surface area contributed by atoms with E-state index in [9.17, 15) is 0 Å². The van der Waals surface area contributed by atoms with E-state index in [0.29, 0.717) is 0 Å². The molecule has 0 radical (unpaired) electrons. The van der Waals surface area contributed by atoms with Crippen LogP contribution in [0.1, 0.15) is 0 Å². The van der Waals surface area contributed by atoms with Gasteiger partial charge in [0.2, 0.25) is 0 Å². The number of benzene rings is 2. The highest BCUT2D eigenvalue weighted by Crippen LogP contribution is 2.23. The van der Waals surface area contributed by atoms with E-state index in [4.69, 9.17) is 4.74 Å². The molecular weight excluding hydrogens is 338 g/mol. The van der Waals surface area contributed by atoms with E-state index in [-0.39, 0.29) is 0 Å². The molecule has 3 aromatic rings. The van der Waals surface area contributed by atoms with Gasteiger partial charge in [-0.1, -0.05) is 24.3 Å². The van der Waals surface area contributed by atoms with E-state index in [1.54, 1.807) is 13.4 Å². The number of anilines is 4. The van der Waals surface area contributed by atoms with Crippen LogP contribution in [0.15, 0.2) is 67.0 Å². The fraction of sp³-hybridized carbons (Fsp3) is 0.238. The molecule has 2 aromatic carbocycles. The fourth-order valence-corrected chi connectivity index (χ4v) is 3.27. The van der Waals surface area contributed by atoms with Crippen molar-refractivity contribution in [3.05, 3.63) is 67.0 Å². The topological polar surface area (TPSA) is 53.5 Å². The second-order valence-corrected chi connectivity index (χ2v) is 6.43. The van der Waals surface area contributed by atoms with Crippen LogP contribution in [0.5, 0.6) is 5.75 Å². The zero-order valence-corrected chi connectivity index (χ0v) is 15.4. The van der Waals surface area contributed by atoms with E-state index in [0.717, 1.165) is 49.3 Å². The van der Waals surface area contributed by atoms with Crippen molar-refractivity contribution in [1.82, 2.24) is 9.97 Å². The van der Waals surface area contributed by atoms with Gasteiger partial charge in [-0.3, -0.25) is 0 Å². The lowest BCUT2D eigenvalue weighted by molar-refractivity contribution is 0.415. The van der Waals surface area contributed by atoms with Crippen molar-refractivity contribution in [2.45, 2.75) is 0 Å². The Morgan fingerprint density at radius 2 is 1.63 bits per heavy atom. The molecule has 0 bridgehead atoms. The van der Waals surface area contributed by atoms with Crippen LogP contribution in [0, 0.1) is 0 Å². The van der Waals surface area contributed by atoms with Crippen LogP contribution in [0.25, 0.3) is 0 Å². The molecule has 1 saturated heterocycles. The molecule has 1 aliphatic heterocycles. The van der Waals surface area contributed by atoms with Crippen LogP contribution in [-0.4, -0.2) is 43.3 Å². The largest absolute Gasteiger partial charge is 0.497 e. The van der Waals surface area contributed by atoms with Crippen molar-refractivity contribution in [1.29, 1.82) is 0 Å². The number of ether oxygens (including phenoxy) is 1. The van der Waals surface area contributed by atoms with E-state index in [1.165, 1.54) is 5.69 Å². The van der Waals surface area contributed by atoms with Gasteiger partial charge >= 0.3 is 0 Å². The molecule has 6 nitrogen and oxygen atoms in total. The Kier molecular flexibility index (Phi) is 5.05. The molecule has 0 aliphatic carbocycles. The maximum Gasteiger partial charge on any atom is 0.135 e. The zero-order chi connectivity index (χ0) is 18.5. The van der Waals surface area contributed by atoms with Crippen molar-refractivity contribution in [2.75, 3.05) is 48.4 Å². The quantitative estimate of drug-likeness (QED) is 0.750. The summed E-state index contributed by atoms with van der Waals surface area (Å²) < 4.78 is 5.27. The molecule has 6 heteroatoms. The molecule has 0 atom stereocenters. The first-order chi connectivity index (χ1) is 13.3. The Morgan fingerprint density at radius 3 is 2.41 bits per heavy atom. The Labute approximate surface area is 159 Å². The minimum atomic E-state index is 0.777. The molecule has 0 unspecified atom stereocenters. The smallest absolute Gasteiger partial charge is 0.135 e. The third kappa shape index (κ3) is 4.11. The number of hydrogen-bond acceptors (Lipinski definition) is 6. The number of methoxy groups -OCH3 is 1. The van der Waals surface area contributed by atoms with Crippen molar-refractivity contribution in [2.24, 2.45) is 0 Å². The zero-order valence-electron chi connectivity index (χ0n) is 15.4. The summed E-state index contributed by atoms with van der Waals surface area (Å²) in [6.07, 6.45) is 1.61. The fourth-order valence-electron chi connectivity index (χ4n) is 3.27. The molecule has 2 heterocycles. The highest BCUT2D eigenvalue weighted by molar-refractivity contribution is 5.61. The summed E-state index contributed by atoms with van der Waals surface area (Å²) in [5.41, 5.74) is 2.22. The van der Waals surface area contributed by atoms with Crippen LogP contribution < -0.4 is 19.9 Å². The summed E-state index contributed by atoms with van der Waals surface area (Å²) in [5.74, 6) is 2.54. The molecule has 138 valence electrons. The van der Waals surface area contributed by atoms with Gasteiger partial charge in [0.05, 0.1) is 7.11 Å². The highest BCUT2D eigenvalue weighted by Gasteiger charge is 2.18. The average molecular weight is 361 g/mol. The van der Waals surface area contributed by atoms with Crippen LogP contribution >= 0.6 is 0 Å². The summed E-state index contributed by atoms with van der Waals surface area (Å²) in [5, 5.41) is 3.32. The predicted molar refractivity (Wildman–Crippen MR) is 109 cm³/mol. The third-order valence-corrected chi connectivity index (χ3v) is 4.72. The Balaban J connectivity index is 1.42. The highest BCUT2D eigenvalue weighted by atomic mass is 16.5. The van der Waals surface area contributed by atoms with Crippen LogP contribution in [-0.2, 0) is 0 Å². The molecule has 0 saturated carbocycles. The van der Waals surface area contributed by atoms with Crippen molar-refractivity contribution < 1.29 is 4.74 Å². The Hall–Kier alpha value is -3.28. The van der Waals surface area contributed by atoms with Gasteiger partial charge in [-0.25, -0.2) is 9.97 Å². The first-order valence-corrected chi connectivity index (χ1v) is 9.10. The van der Waals surface area contributed by atoms with Crippen molar-refractivity contribution in [3.8, 4) is 5.75 Å². The molecule has 1 aromatic heterocycles. The maximum atomic E-state index is 5.27. The van der Waals surface area contributed by atoms with E-state index < -0.39 is 0 Å². The van der Waals surface area contributed by atoms with Gasteiger partial charge in [-0.05, 0) is 24.3 Å². The minimum absolute atomic E-state index is 0.777. The molecular formula is C21H23N5O. The molecule has 1 fully saturated rings. The monoisotopic (exact) mass is 361 g/mol. The van der Waals surface area contributed by atoms with Gasteiger partial charge in [0, 0.05) is 49.7 Å². The number of nitrogens with one attached hydrogen (secondary N) is 1. The van der Waals surface area contributed by atoms with Gasteiger partial charge in [0.25, 0.3) is 0 Å². The molecule has 0 spiro atoms. The minimum Gasteiger partial charge on any atom is -0.497 e. The van der Waals surface area contributed by atoms with Gasteiger partial charge in [-0.2, -0.15) is 0 Å². The number of hydrogen-bond donors (Lipinski definition) is 1. The molecule has 27 heavy (non-hydrogen) atoms. The van der Waals surface area contributed by atoms with E-state index >= 15 is 0 Å². The normalized spacial score (nSPS) is 14.1. The summed E-state index contributed by atoms with van der Waals surface area (Å²) in [6, 6.07) is 20.4. The molecule has 1 N–H and O–H groups in total. The first-order valence-electron chi connectivity index (χ1n) is 9.10. The molecule has 1 aliphatic rings. The number of nitrogens with zero attached hydrogens (tertiary/aromatic N) is 4. The molecule has 4 rings (SSSR count). The number of rotatable bonds is 5. The summed E-state index contributed by atoms with van der Waals surface area (Å²) in [7, 11) is 1.66. The van der Waals surface area contributed by atoms with Gasteiger partial charge < -0.3 is 19.9 Å². The lowest BCUT2D eigenvalue weighted by Gasteiger charge is -2.36. The van der Waals surface area contributed by atoms with Crippen molar-refractivity contribution in [3.63, 3.8) is 0 Å². The third-order valence-electron chi connectivity index (χ3n) is 4.72. The van der Waals surface area contributed by atoms with Crippen LogP contribution in [0.3, 0.4) is 0 Å². The lowest BCUT2D eigenvalue weighted by atomic mass is 10.2. The molecule has 0 amide bonds. The second kappa shape index (κ2) is 7.95. The number of piperazine rings is 1. The first kappa shape index (κ1) is 17.1. The summed E-state index contributed by atoms with van der Waals surface area (Å²) in [4.78, 5) is 13.5. The van der Waals surface area contributed by atoms with Gasteiger partial charge in [0.15, 0.2) is 0 Å². The lowest BCUT2D eigenvalue weighted by Crippen LogP contribution is -2.46. The average Bonchev–Trinajstić information content (AvgIpc) is 2.75. The number of aromatic nitrogens is 2. The summed E-state index contributed by atoms with van der Waals surface area (Å²) >= 11 is 0. The SMILES string of the molecule is COc1cccc(Nc2cc(N3CCN(c4ccccc4)CC3)ncn2)c1. The number of para-hydroxylation sites is 1.